The van der Waals surface area contributed by atoms with Crippen LogP contribution >= 0.6 is 0 Å². The van der Waals surface area contributed by atoms with Crippen LogP contribution in [0.2, 0.25) is 0 Å². The van der Waals surface area contributed by atoms with E-state index in [1.165, 1.54) is 0 Å². The average Bonchev–Trinajstić information content (AvgIpc) is 2.26. The van der Waals surface area contributed by atoms with Crippen molar-refractivity contribution in [2.24, 2.45) is 0 Å². The van der Waals surface area contributed by atoms with Gasteiger partial charge >= 0.3 is 0 Å². The monoisotopic (exact) mass is 210 g/mol. The Morgan fingerprint density at radius 1 is 0.733 bits per heavy atom. The van der Waals surface area contributed by atoms with Crippen molar-refractivity contribution in [1.29, 1.82) is 10.8 Å². The van der Waals surface area contributed by atoms with Crippen LogP contribution in [0.4, 0.5) is 0 Å². The number of carbonyl (C=O) groups excluding carboxylic acids is 2. The van der Waals surface area contributed by atoms with Crippen molar-refractivity contribution < 1.29 is 9.59 Å². The van der Waals surface area contributed by atoms with E-state index in [0.717, 1.165) is 12.2 Å². The average molecular weight is 210 g/mol. The first-order chi connectivity index (χ1) is 6.83. The van der Waals surface area contributed by atoms with Gasteiger partial charge in [0.2, 0.25) is 12.2 Å². The zero-order valence-electron chi connectivity index (χ0n) is 8.28. The summed E-state index contributed by atoms with van der Waals surface area (Å²) >= 11 is 0. The summed E-state index contributed by atoms with van der Waals surface area (Å²) in [6, 6.07) is 12.0. The van der Waals surface area contributed by atoms with Crippen molar-refractivity contribution in [3.05, 3.63) is 36.4 Å². The first-order valence-corrected chi connectivity index (χ1v) is 3.91. The lowest BCUT2D eigenvalue weighted by molar-refractivity contribution is 0.562. The van der Waals surface area contributed by atoms with Gasteiger partial charge in [0.05, 0.1) is 0 Å². The molecule has 0 aliphatic rings. The molecule has 0 saturated heterocycles. The summed E-state index contributed by atoms with van der Waals surface area (Å²) in [7, 11) is 0. The molecular weight excluding hydrogens is 192 g/mol. The summed E-state index contributed by atoms with van der Waals surface area (Å²) in [6.45, 7) is 4.00. The zero-order chi connectivity index (χ0) is 11.7. The third kappa shape index (κ3) is 75.3. The van der Waals surface area contributed by atoms with Gasteiger partial charge in [-0.1, -0.05) is 57.7 Å². The molecule has 0 unspecified atom stereocenters. The molecule has 1 rings (SSSR count). The van der Waals surface area contributed by atoms with E-state index in [1.807, 2.05) is 50.2 Å². The Morgan fingerprint density at radius 3 is 0.867 bits per heavy atom. The van der Waals surface area contributed by atoms with Gasteiger partial charge < -0.3 is 0 Å². The maximum absolute atomic E-state index is 8.35. The Labute approximate surface area is 91.0 Å². The van der Waals surface area contributed by atoms with Crippen LogP contribution in [0.1, 0.15) is 21.3 Å². The molecule has 0 amide bonds. The largest absolute Gasteiger partial charge is 0.231 e. The highest BCUT2D eigenvalue weighted by molar-refractivity contribution is 5.26. The molecule has 0 atom stereocenters. The molecule has 84 valence electrons. The van der Waals surface area contributed by atoms with Crippen LogP contribution in [-0.2, 0) is 9.59 Å². The van der Waals surface area contributed by atoms with Gasteiger partial charge in [-0.2, -0.15) is 0 Å². The van der Waals surface area contributed by atoms with Gasteiger partial charge in [-0.15, -0.1) is 0 Å². The van der Waals surface area contributed by atoms with E-state index in [9.17, 15) is 0 Å². The van der Waals surface area contributed by atoms with Gasteiger partial charge in [0.15, 0.2) is 0 Å². The van der Waals surface area contributed by atoms with Crippen molar-refractivity contribution >= 4 is 12.2 Å². The highest BCUT2D eigenvalue weighted by Gasteiger charge is 1.57. The molecule has 0 aliphatic heterocycles. The Hall–Kier alpha value is -2.02. The fourth-order valence-electron chi connectivity index (χ4n) is 0.385. The maximum Gasteiger partial charge on any atom is 0.231 e. The summed E-state index contributed by atoms with van der Waals surface area (Å²) in [4.78, 5) is 16.7. The molecule has 4 nitrogen and oxygen atoms in total. The highest BCUT2D eigenvalue weighted by atomic mass is 16.1. The molecule has 1 aromatic carbocycles. The predicted octanol–water partition coefficient (Wildman–Crippen LogP) is 3.15. The Morgan fingerprint density at radius 2 is 0.800 bits per heavy atom. The van der Waals surface area contributed by atoms with Crippen molar-refractivity contribution in [3.8, 4) is 0 Å². The molecular formula is C11H18N2O2. The fourth-order valence-corrected chi connectivity index (χ4v) is 0.385. The number of hydrogen-bond donors (Lipinski definition) is 2. The van der Waals surface area contributed by atoms with Crippen molar-refractivity contribution in [2.45, 2.75) is 21.3 Å². The van der Waals surface area contributed by atoms with Gasteiger partial charge in [-0.05, 0) is 0 Å². The maximum atomic E-state index is 8.35. The molecule has 1 aromatic rings. The molecule has 0 aliphatic carbocycles. The zero-order valence-corrected chi connectivity index (χ0v) is 8.28. The van der Waals surface area contributed by atoms with Crippen LogP contribution in [0.3, 0.4) is 0 Å². The molecule has 0 bridgehead atoms. The first-order valence-electron chi connectivity index (χ1n) is 3.91. The summed E-state index contributed by atoms with van der Waals surface area (Å²) in [5.41, 5.74) is 0. The third-order valence-corrected chi connectivity index (χ3v) is 0.667. The van der Waals surface area contributed by atoms with Crippen molar-refractivity contribution in [2.75, 3.05) is 0 Å². The number of nitrogens with one attached hydrogen (secondary N) is 2. The Kier molecular flexibility index (Phi) is 62.2. The van der Waals surface area contributed by atoms with Crippen LogP contribution in [0.5, 0.6) is 0 Å². The van der Waals surface area contributed by atoms with Crippen LogP contribution in [-0.4, -0.2) is 12.2 Å². The minimum atomic E-state index is 0. The summed E-state index contributed by atoms with van der Waals surface area (Å²) in [5, 5.41) is 10.8. The molecule has 0 fully saturated rings. The van der Waals surface area contributed by atoms with E-state index in [-0.39, 0.29) is 7.43 Å². The molecule has 0 spiro atoms. The smallest absolute Gasteiger partial charge is 0.222 e. The predicted molar refractivity (Wildman–Crippen MR) is 61.3 cm³/mol. The fraction of sp³-hybridized carbons (Fsp3) is 0.273. The lowest BCUT2D eigenvalue weighted by Crippen LogP contribution is -1.47. The van der Waals surface area contributed by atoms with Crippen molar-refractivity contribution in [1.82, 2.24) is 0 Å². The van der Waals surface area contributed by atoms with Crippen LogP contribution in [0.25, 0.3) is 0 Å². The molecule has 4 heteroatoms. The molecule has 0 heterocycles. The summed E-state index contributed by atoms with van der Waals surface area (Å²) in [5.74, 6) is 0. The molecule has 2 N–H and O–H groups in total. The lowest BCUT2D eigenvalue weighted by Gasteiger charge is -1.69. The molecule has 15 heavy (non-hydrogen) atoms. The molecule has 0 saturated carbocycles. The number of rotatable bonds is 0. The molecule has 0 radical (unpaired) electrons. The van der Waals surface area contributed by atoms with E-state index >= 15 is 0 Å². The standard InChI is InChI=1S/C6H6.C2H6.2CHNO.CH4/c1-2-4-6-5-3-1;1-2;2*2-1-3;/h1-6H;1-2H3;2*2H;1H4. The van der Waals surface area contributed by atoms with Gasteiger partial charge in [0.25, 0.3) is 0 Å². The quantitative estimate of drug-likeness (QED) is 0.509. The first kappa shape index (κ1) is 23.1. The van der Waals surface area contributed by atoms with Gasteiger partial charge in [-0.3, -0.25) is 0 Å². The lowest BCUT2D eigenvalue weighted by atomic mass is 10.4. The normalized spacial score (nSPS) is 4.67. The Bertz CT molecular complexity index is 197. The SMILES string of the molecule is C.CC.N=C=O.N=C=O.c1ccccc1. The second kappa shape index (κ2) is 40.4. The van der Waals surface area contributed by atoms with Crippen molar-refractivity contribution in [3.63, 3.8) is 0 Å². The third-order valence-electron chi connectivity index (χ3n) is 0.667. The second-order valence-electron chi connectivity index (χ2n) is 1.36. The van der Waals surface area contributed by atoms with Gasteiger partial charge in [0.1, 0.15) is 0 Å². The van der Waals surface area contributed by atoms with E-state index in [1.54, 1.807) is 0 Å². The minimum Gasteiger partial charge on any atom is -0.222 e. The van der Waals surface area contributed by atoms with Gasteiger partial charge in [-0.25, -0.2) is 20.4 Å². The summed E-state index contributed by atoms with van der Waals surface area (Å²) in [6.07, 6.45) is 1.50. The number of hydrogen-bond acceptors (Lipinski definition) is 4. The van der Waals surface area contributed by atoms with E-state index in [0.29, 0.717) is 0 Å². The minimum absolute atomic E-state index is 0. The van der Waals surface area contributed by atoms with E-state index in [2.05, 4.69) is 0 Å². The highest BCUT2D eigenvalue weighted by Crippen LogP contribution is 1.79. The number of isocyanates is 2. The number of benzene rings is 1. The van der Waals surface area contributed by atoms with E-state index in [4.69, 9.17) is 20.4 Å². The van der Waals surface area contributed by atoms with Crippen LogP contribution in [0.15, 0.2) is 36.4 Å². The van der Waals surface area contributed by atoms with Crippen LogP contribution < -0.4 is 0 Å². The second-order valence-corrected chi connectivity index (χ2v) is 1.36. The Balaban J connectivity index is -0.0000000592. The van der Waals surface area contributed by atoms with E-state index < -0.39 is 0 Å². The molecule has 0 aromatic heterocycles. The summed E-state index contributed by atoms with van der Waals surface area (Å²) < 4.78 is 0. The topological polar surface area (TPSA) is 81.8 Å². The van der Waals surface area contributed by atoms with Gasteiger partial charge in [0, 0.05) is 0 Å². The van der Waals surface area contributed by atoms with Crippen LogP contribution in [0, 0.1) is 10.8 Å².